The molecule has 0 N–H and O–H groups in total. The lowest BCUT2D eigenvalue weighted by Crippen LogP contribution is -2.38. The smallest absolute Gasteiger partial charge is 0.337 e. The van der Waals surface area contributed by atoms with Gasteiger partial charge in [-0.05, 0) is 71.5 Å². The maximum Gasteiger partial charge on any atom is 0.337 e. The Hall–Kier alpha value is -3.75. The summed E-state index contributed by atoms with van der Waals surface area (Å²) in [5.41, 5.74) is 6.55. The third-order valence-electron chi connectivity index (χ3n) is 7.01. The van der Waals surface area contributed by atoms with Crippen molar-refractivity contribution in [3.05, 3.63) is 124 Å². The number of fused-ring (bicyclic) bond motifs is 3. The quantitative estimate of drug-likeness (QED) is 0.320. The molecule has 3 aromatic carbocycles. The van der Waals surface area contributed by atoms with E-state index in [1.807, 2.05) is 42.5 Å². The van der Waals surface area contributed by atoms with Gasteiger partial charge in [-0.2, -0.15) is 0 Å². The van der Waals surface area contributed by atoms with Gasteiger partial charge in [0.25, 0.3) is 5.56 Å². The molecule has 190 valence electrons. The molecule has 6 rings (SSSR count). The van der Waals surface area contributed by atoms with Crippen LogP contribution in [-0.2, 0) is 11.2 Å². The number of thiazole rings is 1. The summed E-state index contributed by atoms with van der Waals surface area (Å²) in [6.45, 7) is 0. The van der Waals surface area contributed by atoms with Crippen LogP contribution in [0.5, 0.6) is 5.75 Å². The number of methoxy groups -OCH3 is 2. The van der Waals surface area contributed by atoms with Gasteiger partial charge in [0.1, 0.15) is 5.75 Å². The molecule has 1 aromatic heterocycles. The fourth-order valence-corrected chi connectivity index (χ4v) is 6.50. The molecule has 2 aliphatic rings. The van der Waals surface area contributed by atoms with Crippen molar-refractivity contribution < 1.29 is 14.3 Å². The van der Waals surface area contributed by atoms with E-state index in [0.29, 0.717) is 20.6 Å². The van der Waals surface area contributed by atoms with Gasteiger partial charge in [0.2, 0.25) is 0 Å². The number of carbonyl (C=O) groups excluding carboxylic acids is 1. The predicted octanol–water partition coefficient (Wildman–Crippen LogP) is 4.88. The summed E-state index contributed by atoms with van der Waals surface area (Å²) in [5.74, 6) is 0.318. The summed E-state index contributed by atoms with van der Waals surface area (Å²) in [6.07, 6.45) is 3.55. The predicted molar refractivity (Wildman–Crippen MR) is 151 cm³/mol. The van der Waals surface area contributed by atoms with E-state index in [2.05, 4.69) is 34.1 Å². The second-order valence-electron chi connectivity index (χ2n) is 9.11. The van der Waals surface area contributed by atoms with Gasteiger partial charge in [-0.25, -0.2) is 9.79 Å². The number of allylic oxidation sites excluding steroid dienone is 1. The van der Waals surface area contributed by atoms with E-state index in [1.165, 1.54) is 24.0 Å². The van der Waals surface area contributed by atoms with Crippen molar-refractivity contribution in [1.82, 2.24) is 4.57 Å². The lowest BCUT2D eigenvalue weighted by atomic mass is 9.83. The second-order valence-corrected chi connectivity index (χ2v) is 11.0. The number of halogens is 1. The Labute approximate surface area is 231 Å². The van der Waals surface area contributed by atoms with Crippen LogP contribution >= 0.6 is 27.3 Å². The summed E-state index contributed by atoms with van der Waals surface area (Å²) in [6, 6.07) is 21.0. The molecule has 0 saturated carbocycles. The van der Waals surface area contributed by atoms with Gasteiger partial charge in [-0.1, -0.05) is 63.7 Å². The molecule has 38 heavy (non-hydrogen) atoms. The monoisotopic (exact) mass is 586 g/mol. The topological polar surface area (TPSA) is 69.9 Å². The third-order valence-corrected chi connectivity index (χ3v) is 8.72. The molecule has 1 aliphatic heterocycles. The van der Waals surface area contributed by atoms with Crippen LogP contribution in [0.25, 0.3) is 11.8 Å². The molecule has 0 spiro atoms. The number of rotatable bonds is 4. The van der Waals surface area contributed by atoms with Crippen LogP contribution < -0.4 is 19.6 Å². The highest BCUT2D eigenvalue weighted by molar-refractivity contribution is 9.10. The normalized spacial score (nSPS) is 16.3. The van der Waals surface area contributed by atoms with Crippen molar-refractivity contribution in [3.8, 4) is 5.75 Å². The van der Waals surface area contributed by atoms with Crippen molar-refractivity contribution in [2.75, 3.05) is 14.2 Å². The summed E-state index contributed by atoms with van der Waals surface area (Å²) in [5, 5.41) is 0. The molecule has 8 heteroatoms. The van der Waals surface area contributed by atoms with E-state index in [9.17, 15) is 9.59 Å². The molecule has 0 radical (unpaired) electrons. The molecule has 0 amide bonds. The van der Waals surface area contributed by atoms with E-state index in [1.54, 1.807) is 23.8 Å². The first-order valence-electron chi connectivity index (χ1n) is 12.1. The fourth-order valence-electron chi connectivity index (χ4n) is 5.14. The number of hydrogen-bond acceptors (Lipinski definition) is 6. The molecule has 1 atom stereocenters. The van der Waals surface area contributed by atoms with Gasteiger partial charge in [0.15, 0.2) is 4.80 Å². The molecule has 0 bridgehead atoms. The Bertz CT molecular complexity index is 1800. The van der Waals surface area contributed by atoms with Crippen LogP contribution in [0.1, 0.15) is 45.1 Å². The maximum absolute atomic E-state index is 13.9. The molecule has 4 aromatic rings. The highest BCUT2D eigenvalue weighted by atomic mass is 79.9. The van der Waals surface area contributed by atoms with Gasteiger partial charge in [-0.3, -0.25) is 9.36 Å². The third kappa shape index (κ3) is 4.14. The molecule has 1 unspecified atom stereocenters. The number of benzene rings is 3. The highest BCUT2D eigenvalue weighted by Crippen LogP contribution is 2.41. The summed E-state index contributed by atoms with van der Waals surface area (Å²) >= 11 is 4.97. The van der Waals surface area contributed by atoms with E-state index >= 15 is 0 Å². The average Bonchev–Trinajstić information content (AvgIpc) is 3.26. The Morgan fingerprint density at radius 3 is 2.63 bits per heavy atom. The summed E-state index contributed by atoms with van der Waals surface area (Å²) in [4.78, 5) is 31.7. The Morgan fingerprint density at radius 1 is 1.08 bits per heavy atom. The largest absolute Gasteiger partial charge is 0.497 e. The van der Waals surface area contributed by atoms with Crippen molar-refractivity contribution >= 4 is 45.0 Å². The van der Waals surface area contributed by atoms with Crippen LogP contribution in [0, 0.1) is 0 Å². The van der Waals surface area contributed by atoms with Crippen LogP contribution in [0.15, 0.2) is 86.6 Å². The number of carbonyl (C=O) groups is 1. The van der Waals surface area contributed by atoms with E-state index < -0.39 is 5.97 Å². The van der Waals surface area contributed by atoms with E-state index in [4.69, 9.17) is 14.5 Å². The highest BCUT2D eigenvalue weighted by Gasteiger charge is 2.32. The average molecular weight is 587 g/mol. The number of hydrogen-bond donors (Lipinski definition) is 0. The van der Waals surface area contributed by atoms with E-state index in [-0.39, 0.29) is 11.6 Å². The molecule has 2 heterocycles. The van der Waals surface area contributed by atoms with E-state index in [0.717, 1.165) is 45.3 Å². The second kappa shape index (κ2) is 9.85. The zero-order valence-electron chi connectivity index (χ0n) is 20.7. The first-order chi connectivity index (χ1) is 18.5. The van der Waals surface area contributed by atoms with Gasteiger partial charge in [0, 0.05) is 10.0 Å². The standard InChI is InChI=1S/C30H23BrN2O4S/c1-36-21-12-14-24(31)20(15-21)16-25-28(34)33-27(18-7-9-19(10-8-18)29(35)37-2)23-13-11-17-5-3-4-6-22(17)26(23)32-30(33)38-25/h3-10,12,14-16,27H,11,13H2,1-2H3. The maximum atomic E-state index is 13.9. The van der Waals surface area contributed by atoms with Crippen molar-refractivity contribution in [2.24, 2.45) is 4.99 Å². The number of esters is 1. The lowest BCUT2D eigenvalue weighted by molar-refractivity contribution is 0.0600. The molecule has 1 aliphatic carbocycles. The number of ether oxygens (including phenoxy) is 2. The van der Waals surface area contributed by atoms with Crippen molar-refractivity contribution in [1.29, 1.82) is 0 Å². The minimum absolute atomic E-state index is 0.101. The molecule has 6 nitrogen and oxygen atoms in total. The molecular weight excluding hydrogens is 564 g/mol. The van der Waals surface area contributed by atoms with Crippen molar-refractivity contribution in [2.45, 2.75) is 18.9 Å². The lowest BCUT2D eigenvalue weighted by Gasteiger charge is -2.30. The van der Waals surface area contributed by atoms with Crippen LogP contribution in [0.2, 0.25) is 0 Å². The van der Waals surface area contributed by atoms with Crippen LogP contribution in [0.3, 0.4) is 0 Å². The van der Waals surface area contributed by atoms with Crippen LogP contribution in [0.4, 0.5) is 0 Å². The zero-order valence-corrected chi connectivity index (χ0v) is 23.1. The van der Waals surface area contributed by atoms with Gasteiger partial charge in [0.05, 0.1) is 36.1 Å². The number of aryl methyl sites for hydroxylation is 1. The fraction of sp³-hybridized carbons (Fsp3) is 0.167. The Morgan fingerprint density at radius 2 is 1.87 bits per heavy atom. The Kier molecular flexibility index (Phi) is 6.37. The minimum atomic E-state index is -0.393. The SMILES string of the molecule is COC(=O)c1ccc(C2C3=C(N=c4sc(=Cc5cc(OC)ccc5Br)c(=O)n42)c2ccccc2CC3)cc1. The zero-order chi connectivity index (χ0) is 26.4. The van der Waals surface area contributed by atoms with Gasteiger partial charge in [-0.15, -0.1) is 0 Å². The van der Waals surface area contributed by atoms with Gasteiger partial charge < -0.3 is 9.47 Å². The molecular formula is C30H23BrN2O4S. The molecule has 0 fully saturated rings. The van der Waals surface area contributed by atoms with Gasteiger partial charge >= 0.3 is 5.97 Å². The Balaban J connectivity index is 1.58. The number of aromatic nitrogens is 1. The first kappa shape index (κ1) is 24.6. The number of nitrogens with zero attached hydrogens (tertiary/aromatic N) is 2. The molecule has 0 saturated heterocycles. The van der Waals surface area contributed by atoms with Crippen molar-refractivity contribution in [3.63, 3.8) is 0 Å². The summed E-state index contributed by atoms with van der Waals surface area (Å²) in [7, 11) is 2.99. The van der Waals surface area contributed by atoms with Crippen LogP contribution in [-0.4, -0.2) is 24.8 Å². The minimum Gasteiger partial charge on any atom is -0.497 e. The first-order valence-corrected chi connectivity index (χ1v) is 13.7. The summed E-state index contributed by atoms with van der Waals surface area (Å²) < 4.78 is 13.5.